The minimum atomic E-state index is -0.902. The predicted octanol–water partition coefficient (Wildman–Crippen LogP) is 4.42. The van der Waals surface area contributed by atoms with Gasteiger partial charge >= 0.3 is 5.97 Å². The Morgan fingerprint density at radius 3 is 2.52 bits per heavy atom. The third kappa shape index (κ3) is 5.14. The molecule has 0 heterocycles. The first kappa shape index (κ1) is 17.1. The van der Waals surface area contributed by atoms with Gasteiger partial charge in [0.1, 0.15) is 5.82 Å². The third-order valence-corrected chi connectivity index (χ3v) is 3.58. The van der Waals surface area contributed by atoms with Gasteiger partial charge in [-0.1, -0.05) is 40.2 Å². The zero-order chi connectivity index (χ0) is 16.8. The zero-order valence-electron chi connectivity index (χ0n) is 12.3. The van der Waals surface area contributed by atoms with Crippen molar-refractivity contribution in [1.82, 2.24) is 0 Å². The molecule has 23 heavy (non-hydrogen) atoms. The predicted molar refractivity (Wildman–Crippen MR) is 89.5 cm³/mol. The summed E-state index contributed by atoms with van der Waals surface area (Å²) in [6.07, 6.45) is 1.70. The van der Waals surface area contributed by atoms with Crippen molar-refractivity contribution in [2.24, 2.45) is 0 Å². The fourth-order valence-corrected chi connectivity index (χ4v) is 2.15. The minimum Gasteiger partial charge on any atom is -0.451 e. The number of ether oxygens (including phenoxy) is 1. The Morgan fingerprint density at radius 1 is 1.17 bits per heavy atom. The second-order valence-electron chi connectivity index (χ2n) is 4.84. The lowest BCUT2D eigenvalue weighted by Gasteiger charge is -2.10. The van der Waals surface area contributed by atoms with Crippen LogP contribution in [0.25, 0.3) is 6.08 Å². The van der Waals surface area contributed by atoms with Gasteiger partial charge in [0, 0.05) is 16.1 Å². The van der Waals surface area contributed by atoms with E-state index in [-0.39, 0.29) is 11.6 Å². The molecule has 1 atom stereocenters. The number of ketones is 1. The second-order valence-corrected chi connectivity index (χ2v) is 5.75. The quantitative estimate of drug-likeness (QED) is 0.440. The van der Waals surface area contributed by atoms with Crippen molar-refractivity contribution in [3.63, 3.8) is 0 Å². The van der Waals surface area contributed by atoms with Crippen molar-refractivity contribution < 1.29 is 18.7 Å². The van der Waals surface area contributed by atoms with Gasteiger partial charge in [0.2, 0.25) is 5.78 Å². The van der Waals surface area contributed by atoms with Crippen LogP contribution in [0.4, 0.5) is 4.39 Å². The smallest absolute Gasteiger partial charge is 0.331 e. The molecule has 0 aliphatic rings. The largest absolute Gasteiger partial charge is 0.451 e. The number of carbonyl (C=O) groups excluding carboxylic acids is 2. The Bertz CT molecular complexity index is 738. The van der Waals surface area contributed by atoms with Crippen LogP contribution in [0.3, 0.4) is 0 Å². The monoisotopic (exact) mass is 376 g/mol. The normalized spacial score (nSPS) is 12.1. The highest BCUT2D eigenvalue weighted by Crippen LogP contribution is 2.13. The number of hydrogen-bond acceptors (Lipinski definition) is 3. The lowest BCUT2D eigenvalue weighted by Crippen LogP contribution is -2.23. The van der Waals surface area contributed by atoms with Crippen LogP contribution in [-0.2, 0) is 9.53 Å². The van der Waals surface area contributed by atoms with E-state index in [4.69, 9.17) is 4.74 Å². The summed E-state index contributed by atoms with van der Waals surface area (Å²) in [5, 5.41) is 0. The molecule has 3 nitrogen and oxygen atoms in total. The van der Waals surface area contributed by atoms with Crippen molar-refractivity contribution in [2.75, 3.05) is 0 Å². The molecule has 0 saturated heterocycles. The molecule has 118 valence electrons. The molecule has 0 unspecified atom stereocenters. The van der Waals surface area contributed by atoms with Gasteiger partial charge in [-0.05, 0) is 42.8 Å². The molecule has 2 aromatic carbocycles. The molecule has 0 radical (unpaired) electrons. The van der Waals surface area contributed by atoms with Gasteiger partial charge in [-0.3, -0.25) is 4.79 Å². The molecule has 0 fully saturated rings. The minimum absolute atomic E-state index is 0.287. The highest BCUT2D eigenvalue weighted by atomic mass is 79.9. The van der Waals surface area contributed by atoms with Crippen molar-refractivity contribution >= 4 is 33.8 Å². The Labute approximate surface area is 141 Å². The Kier molecular flexibility index (Phi) is 5.82. The molecule has 0 amide bonds. The van der Waals surface area contributed by atoms with Gasteiger partial charge in [-0.15, -0.1) is 0 Å². The van der Waals surface area contributed by atoms with Crippen LogP contribution < -0.4 is 0 Å². The number of halogens is 2. The van der Waals surface area contributed by atoms with E-state index in [1.54, 1.807) is 36.4 Å². The lowest BCUT2D eigenvalue weighted by molar-refractivity contribution is -0.140. The van der Waals surface area contributed by atoms with Crippen molar-refractivity contribution in [2.45, 2.75) is 13.0 Å². The summed E-state index contributed by atoms with van der Waals surface area (Å²) in [4.78, 5) is 23.9. The molecule has 2 aromatic rings. The number of hydrogen-bond donors (Lipinski definition) is 0. The van der Waals surface area contributed by atoms with Gasteiger partial charge in [0.15, 0.2) is 6.10 Å². The van der Waals surface area contributed by atoms with Crippen molar-refractivity contribution in [3.05, 3.63) is 76.0 Å². The molecule has 0 aliphatic heterocycles. The number of carbonyl (C=O) groups is 2. The Hall–Kier alpha value is -2.27. The SMILES string of the molecule is C[C@H](OC(=O)/C=C/c1cccc(F)c1)C(=O)c1ccc(Br)cc1. The maximum Gasteiger partial charge on any atom is 0.331 e. The summed E-state index contributed by atoms with van der Waals surface area (Å²) >= 11 is 3.29. The van der Waals surface area contributed by atoms with E-state index < -0.39 is 12.1 Å². The number of benzene rings is 2. The van der Waals surface area contributed by atoms with Crippen molar-refractivity contribution in [1.29, 1.82) is 0 Å². The maximum absolute atomic E-state index is 13.0. The molecular formula is C18H14BrFO3. The molecule has 2 rings (SSSR count). The molecule has 0 saturated carbocycles. The van der Waals surface area contributed by atoms with Crippen LogP contribution in [-0.4, -0.2) is 17.9 Å². The lowest BCUT2D eigenvalue weighted by atomic mass is 10.1. The van der Waals surface area contributed by atoms with Crippen LogP contribution >= 0.6 is 15.9 Å². The topological polar surface area (TPSA) is 43.4 Å². The van der Waals surface area contributed by atoms with Gasteiger partial charge in [0.05, 0.1) is 0 Å². The van der Waals surface area contributed by atoms with E-state index in [9.17, 15) is 14.0 Å². The molecule has 0 aromatic heterocycles. The van der Waals surface area contributed by atoms with Crippen LogP contribution in [0.5, 0.6) is 0 Å². The van der Waals surface area contributed by atoms with Crippen LogP contribution in [0.15, 0.2) is 59.1 Å². The first-order chi connectivity index (χ1) is 11.0. The molecule has 0 N–H and O–H groups in total. The van der Waals surface area contributed by atoms with E-state index in [0.29, 0.717) is 11.1 Å². The van der Waals surface area contributed by atoms with Gasteiger partial charge in [0.25, 0.3) is 0 Å². The molecule has 5 heteroatoms. The molecular weight excluding hydrogens is 363 g/mol. The van der Waals surface area contributed by atoms with Crippen LogP contribution in [0.2, 0.25) is 0 Å². The average Bonchev–Trinajstić information content (AvgIpc) is 2.53. The molecule has 0 bridgehead atoms. The molecule has 0 spiro atoms. The summed E-state index contributed by atoms with van der Waals surface area (Å²) in [7, 11) is 0. The summed E-state index contributed by atoms with van der Waals surface area (Å²) < 4.78 is 19.0. The first-order valence-electron chi connectivity index (χ1n) is 6.90. The van der Waals surface area contributed by atoms with Crippen molar-refractivity contribution in [3.8, 4) is 0 Å². The second kappa shape index (κ2) is 7.83. The van der Waals surface area contributed by atoms with E-state index in [2.05, 4.69) is 15.9 Å². The van der Waals surface area contributed by atoms with Gasteiger partial charge in [-0.2, -0.15) is 0 Å². The third-order valence-electron chi connectivity index (χ3n) is 3.05. The Balaban J connectivity index is 1.96. The summed E-state index contributed by atoms with van der Waals surface area (Å²) in [6.45, 7) is 1.51. The van der Waals surface area contributed by atoms with Crippen LogP contribution in [0.1, 0.15) is 22.8 Å². The van der Waals surface area contributed by atoms with E-state index in [1.165, 1.54) is 31.2 Å². The Morgan fingerprint density at radius 2 is 1.87 bits per heavy atom. The van der Waals surface area contributed by atoms with Crippen LogP contribution in [0, 0.1) is 5.82 Å². The van der Waals surface area contributed by atoms with E-state index in [1.807, 2.05) is 0 Å². The average molecular weight is 377 g/mol. The maximum atomic E-state index is 13.0. The van der Waals surface area contributed by atoms with Gasteiger partial charge < -0.3 is 4.74 Å². The highest BCUT2D eigenvalue weighted by Gasteiger charge is 2.18. The summed E-state index contributed by atoms with van der Waals surface area (Å²) in [6, 6.07) is 12.6. The number of Topliss-reactive ketones (excluding diaryl/α,β-unsaturated/α-hetero) is 1. The fraction of sp³-hybridized carbons (Fsp3) is 0.111. The standard InChI is InChI=1S/C18H14BrFO3/c1-12(18(22)14-6-8-15(19)9-7-14)23-17(21)10-5-13-3-2-4-16(20)11-13/h2-12H,1H3/b10-5+/t12-/m0/s1. The first-order valence-corrected chi connectivity index (χ1v) is 7.69. The molecule has 0 aliphatic carbocycles. The number of rotatable bonds is 5. The highest BCUT2D eigenvalue weighted by molar-refractivity contribution is 9.10. The number of esters is 1. The summed E-state index contributed by atoms with van der Waals surface area (Å²) in [5.74, 6) is -1.34. The van der Waals surface area contributed by atoms with E-state index >= 15 is 0 Å². The van der Waals surface area contributed by atoms with E-state index in [0.717, 1.165) is 4.47 Å². The summed E-state index contributed by atoms with van der Waals surface area (Å²) in [5.41, 5.74) is 0.997. The van der Waals surface area contributed by atoms with Gasteiger partial charge in [-0.25, -0.2) is 9.18 Å². The fourth-order valence-electron chi connectivity index (χ4n) is 1.89. The zero-order valence-corrected chi connectivity index (χ0v) is 13.9.